The number of nitrogens with zero attached hydrogens (tertiary/aromatic N) is 2. The fourth-order valence-electron chi connectivity index (χ4n) is 0.949. The number of hydrogen-bond donors (Lipinski definition) is 2. The van der Waals surface area contributed by atoms with Crippen molar-refractivity contribution in [1.29, 1.82) is 0 Å². The zero-order valence-corrected chi connectivity index (χ0v) is 9.20. The first-order chi connectivity index (χ1) is 6.43. The van der Waals surface area contributed by atoms with Crippen LogP contribution in [0.2, 0.25) is 0 Å². The van der Waals surface area contributed by atoms with Gasteiger partial charge in [0.25, 0.3) is 0 Å². The molecule has 1 atom stereocenters. The molecule has 1 unspecified atom stereocenters. The van der Waals surface area contributed by atoms with Gasteiger partial charge in [-0.05, 0) is 27.7 Å². The molecule has 0 spiro atoms. The van der Waals surface area contributed by atoms with Crippen LogP contribution >= 0.6 is 0 Å². The second-order valence-corrected chi connectivity index (χ2v) is 4.13. The van der Waals surface area contributed by atoms with Crippen molar-refractivity contribution in [2.75, 3.05) is 5.32 Å². The van der Waals surface area contributed by atoms with Gasteiger partial charge in [-0.1, -0.05) is 0 Å². The summed E-state index contributed by atoms with van der Waals surface area (Å²) in [5.74, 6) is 0.801. The molecule has 0 bridgehead atoms. The largest absolute Gasteiger partial charge is 0.362 e. The van der Waals surface area contributed by atoms with Crippen molar-refractivity contribution in [3.63, 3.8) is 0 Å². The van der Waals surface area contributed by atoms with Gasteiger partial charge in [0.05, 0.1) is 5.69 Å². The van der Waals surface area contributed by atoms with E-state index in [0.717, 1.165) is 11.5 Å². The van der Waals surface area contributed by atoms with Gasteiger partial charge in [-0.25, -0.2) is 4.98 Å². The summed E-state index contributed by atoms with van der Waals surface area (Å²) >= 11 is 0. The van der Waals surface area contributed by atoms with Gasteiger partial charge >= 0.3 is 0 Å². The number of anilines is 1. The third-order valence-corrected chi connectivity index (χ3v) is 2.46. The van der Waals surface area contributed by atoms with E-state index in [1.165, 1.54) is 0 Å². The highest BCUT2D eigenvalue weighted by atomic mass is 15.1. The maximum absolute atomic E-state index is 5.86. The molecule has 0 saturated carbocycles. The number of aromatic nitrogens is 2. The van der Waals surface area contributed by atoms with Crippen molar-refractivity contribution in [1.82, 2.24) is 9.97 Å². The number of aryl methyl sites for hydroxylation is 1. The molecule has 0 amide bonds. The summed E-state index contributed by atoms with van der Waals surface area (Å²) in [5, 5.41) is 3.29. The standard InChI is InChI=1S/C10H18N4/c1-7-9(13-6-5-12-7)14-10(3,4)8(2)11/h5-6,8H,11H2,1-4H3,(H,13,14). The van der Waals surface area contributed by atoms with Crippen LogP contribution in [0.4, 0.5) is 5.82 Å². The van der Waals surface area contributed by atoms with E-state index < -0.39 is 0 Å². The molecule has 1 heterocycles. The molecule has 0 aliphatic heterocycles. The highest BCUT2D eigenvalue weighted by Crippen LogP contribution is 2.16. The second kappa shape index (κ2) is 3.92. The molecular weight excluding hydrogens is 176 g/mol. The lowest BCUT2D eigenvalue weighted by Gasteiger charge is -2.31. The van der Waals surface area contributed by atoms with Crippen LogP contribution in [-0.4, -0.2) is 21.5 Å². The molecular formula is C10H18N4. The van der Waals surface area contributed by atoms with Crippen LogP contribution in [0.5, 0.6) is 0 Å². The van der Waals surface area contributed by atoms with Gasteiger partial charge in [-0.3, -0.25) is 4.98 Å². The Balaban J connectivity index is 2.84. The van der Waals surface area contributed by atoms with E-state index in [9.17, 15) is 0 Å². The first-order valence-corrected chi connectivity index (χ1v) is 4.75. The Morgan fingerprint density at radius 1 is 1.36 bits per heavy atom. The third kappa shape index (κ3) is 2.42. The van der Waals surface area contributed by atoms with Crippen molar-refractivity contribution < 1.29 is 0 Å². The minimum Gasteiger partial charge on any atom is -0.362 e. The molecule has 1 aromatic heterocycles. The summed E-state index contributed by atoms with van der Waals surface area (Å²) in [6, 6.07) is 0.0453. The van der Waals surface area contributed by atoms with Crippen molar-refractivity contribution >= 4 is 5.82 Å². The normalized spacial score (nSPS) is 13.8. The fraction of sp³-hybridized carbons (Fsp3) is 0.600. The van der Waals surface area contributed by atoms with E-state index in [2.05, 4.69) is 15.3 Å². The van der Waals surface area contributed by atoms with Gasteiger partial charge in [0.1, 0.15) is 5.82 Å². The minimum absolute atomic E-state index is 0.0453. The number of rotatable bonds is 3. The Morgan fingerprint density at radius 2 is 1.93 bits per heavy atom. The number of hydrogen-bond acceptors (Lipinski definition) is 4. The quantitative estimate of drug-likeness (QED) is 0.761. The third-order valence-electron chi connectivity index (χ3n) is 2.46. The van der Waals surface area contributed by atoms with Gasteiger partial charge in [0.2, 0.25) is 0 Å². The van der Waals surface area contributed by atoms with Gasteiger partial charge in [0, 0.05) is 24.0 Å². The smallest absolute Gasteiger partial charge is 0.147 e. The zero-order valence-electron chi connectivity index (χ0n) is 9.20. The minimum atomic E-state index is -0.180. The molecule has 0 aromatic carbocycles. The maximum Gasteiger partial charge on any atom is 0.147 e. The Labute approximate surface area is 85.0 Å². The van der Waals surface area contributed by atoms with Crippen molar-refractivity contribution in [3.8, 4) is 0 Å². The molecule has 3 N–H and O–H groups in total. The lowest BCUT2D eigenvalue weighted by molar-refractivity contribution is 0.468. The van der Waals surface area contributed by atoms with Crippen LogP contribution in [-0.2, 0) is 0 Å². The van der Waals surface area contributed by atoms with Gasteiger partial charge < -0.3 is 11.1 Å². The zero-order chi connectivity index (χ0) is 10.8. The summed E-state index contributed by atoms with van der Waals surface area (Å²) in [5.41, 5.74) is 6.57. The van der Waals surface area contributed by atoms with E-state index in [1.54, 1.807) is 12.4 Å². The van der Waals surface area contributed by atoms with Gasteiger partial charge in [0.15, 0.2) is 0 Å². The number of nitrogens with one attached hydrogen (secondary N) is 1. The fourth-order valence-corrected chi connectivity index (χ4v) is 0.949. The van der Waals surface area contributed by atoms with E-state index in [4.69, 9.17) is 5.73 Å². The van der Waals surface area contributed by atoms with Crippen molar-refractivity contribution in [3.05, 3.63) is 18.1 Å². The summed E-state index contributed by atoms with van der Waals surface area (Å²) in [6.07, 6.45) is 3.35. The summed E-state index contributed by atoms with van der Waals surface area (Å²) < 4.78 is 0. The lowest BCUT2D eigenvalue weighted by atomic mass is 9.97. The molecule has 0 aliphatic carbocycles. The highest BCUT2D eigenvalue weighted by molar-refractivity contribution is 5.41. The molecule has 0 radical (unpaired) electrons. The van der Waals surface area contributed by atoms with Gasteiger partial charge in [-0.15, -0.1) is 0 Å². The van der Waals surface area contributed by atoms with Crippen LogP contribution in [0.1, 0.15) is 26.5 Å². The molecule has 0 fully saturated rings. The topological polar surface area (TPSA) is 63.8 Å². The van der Waals surface area contributed by atoms with Crippen LogP contribution in [0.25, 0.3) is 0 Å². The Hall–Kier alpha value is -1.16. The summed E-state index contributed by atoms with van der Waals surface area (Å²) in [7, 11) is 0. The molecule has 4 heteroatoms. The molecule has 1 aromatic rings. The highest BCUT2D eigenvalue weighted by Gasteiger charge is 2.23. The predicted octanol–water partition coefficient (Wildman–Crippen LogP) is 1.32. The van der Waals surface area contributed by atoms with E-state index in [-0.39, 0.29) is 11.6 Å². The molecule has 0 saturated heterocycles. The van der Waals surface area contributed by atoms with Crippen LogP contribution < -0.4 is 11.1 Å². The monoisotopic (exact) mass is 194 g/mol. The summed E-state index contributed by atoms with van der Waals surface area (Å²) in [6.45, 7) is 7.99. The Morgan fingerprint density at radius 3 is 2.43 bits per heavy atom. The number of nitrogens with two attached hydrogens (primary N) is 1. The van der Waals surface area contributed by atoms with Crippen LogP contribution in [0.15, 0.2) is 12.4 Å². The SMILES string of the molecule is Cc1nccnc1NC(C)(C)C(C)N. The average Bonchev–Trinajstić information content (AvgIpc) is 2.08. The van der Waals surface area contributed by atoms with E-state index in [0.29, 0.717) is 0 Å². The molecule has 1 rings (SSSR count). The van der Waals surface area contributed by atoms with Crippen LogP contribution in [0, 0.1) is 6.92 Å². The Kier molecular flexibility index (Phi) is 3.06. The summed E-state index contributed by atoms with van der Waals surface area (Å²) in [4.78, 5) is 8.37. The molecule has 4 nitrogen and oxygen atoms in total. The van der Waals surface area contributed by atoms with Gasteiger partial charge in [-0.2, -0.15) is 0 Å². The first-order valence-electron chi connectivity index (χ1n) is 4.75. The van der Waals surface area contributed by atoms with Crippen molar-refractivity contribution in [2.45, 2.75) is 39.3 Å². The van der Waals surface area contributed by atoms with E-state index >= 15 is 0 Å². The van der Waals surface area contributed by atoms with E-state index in [1.807, 2.05) is 27.7 Å². The molecule has 0 aliphatic rings. The maximum atomic E-state index is 5.86. The molecule has 78 valence electrons. The van der Waals surface area contributed by atoms with Crippen LogP contribution in [0.3, 0.4) is 0 Å². The first kappa shape index (κ1) is 10.9. The molecule has 14 heavy (non-hydrogen) atoms. The van der Waals surface area contributed by atoms with Crippen molar-refractivity contribution in [2.24, 2.45) is 5.73 Å². The Bertz CT molecular complexity index is 307. The second-order valence-electron chi connectivity index (χ2n) is 4.13. The predicted molar refractivity (Wildman–Crippen MR) is 58.1 cm³/mol. The lowest BCUT2D eigenvalue weighted by Crippen LogP contribution is -2.47. The average molecular weight is 194 g/mol.